The molecule has 0 amide bonds. The molecule has 240 valence electrons. The first-order valence-corrected chi connectivity index (χ1v) is 16.3. The molecule has 2 N–H and O–H groups in total. The first-order valence-electron chi connectivity index (χ1n) is 16.3. The Hall–Kier alpha value is -2.44. The highest BCUT2D eigenvalue weighted by molar-refractivity contribution is 5.70. The van der Waals surface area contributed by atoms with Crippen LogP contribution in [0.1, 0.15) is 124 Å². The quantitative estimate of drug-likeness (QED) is 0.0433. The Bertz CT molecular complexity index is 793. The fraction of sp³-hybridized carbons (Fsp3) is 0.667. The van der Waals surface area contributed by atoms with Gasteiger partial charge >= 0.3 is 11.9 Å². The molecule has 0 rings (SSSR count). The molecule has 0 aliphatic carbocycles. The van der Waals surface area contributed by atoms with Gasteiger partial charge in [0.2, 0.25) is 0 Å². The SMILES string of the molecule is CC/C=C\C/C=C\C/C=C\C/C=C\C=C\C(O)CCCC(=O)OC[C@H](CO)OC(=O)CCCCCCCCCC(C)C. The molecule has 0 heterocycles. The summed E-state index contributed by atoms with van der Waals surface area (Å²) in [6.45, 7) is 6.09. The van der Waals surface area contributed by atoms with E-state index < -0.39 is 24.8 Å². The van der Waals surface area contributed by atoms with Crippen molar-refractivity contribution in [2.45, 2.75) is 136 Å². The van der Waals surface area contributed by atoms with Gasteiger partial charge in [0.1, 0.15) is 6.61 Å². The number of aliphatic hydroxyl groups is 2. The summed E-state index contributed by atoms with van der Waals surface area (Å²) in [6.07, 6.45) is 33.2. The topological polar surface area (TPSA) is 93.1 Å². The third-order valence-electron chi connectivity index (χ3n) is 6.61. The molecule has 0 aromatic carbocycles. The highest BCUT2D eigenvalue weighted by Crippen LogP contribution is 2.13. The number of ether oxygens (including phenoxy) is 2. The number of rotatable bonds is 27. The van der Waals surface area contributed by atoms with E-state index in [0.29, 0.717) is 19.3 Å². The molecule has 0 spiro atoms. The van der Waals surface area contributed by atoms with E-state index in [-0.39, 0.29) is 19.0 Å². The number of allylic oxidation sites excluding steroid dienone is 9. The number of carbonyl (C=O) groups excluding carboxylic acids is 2. The second kappa shape index (κ2) is 30.0. The molecule has 0 radical (unpaired) electrons. The lowest BCUT2D eigenvalue weighted by molar-refractivity contribution is -0.161. The second-order valence-corrected chi connectivity index (χ2v) is 11.2. The van der Waals surface area contributed by atoms with Crippen LogP contribution in [-0.4, -0.2) is 47.6 Å². The van der Waals surface area contributed by atoms with Crippen LogP contribution < -0.4 is 0 Å². The van der Waals surface area contributed by atoms with Crippen LogP contribution in [0.5, 0.6) is 0 Å². The maximum Gasteiger partial charge on any atom is 0.306 e. The highest BCUT2D eigenvalue weighted by Gasteiger charge is 2.16. The molecule has 0 saturated carbocycles. The smallest absolute Gasteiger partial charge is 0.306 e. The number of unbranched alkanes of at least 4 members (excludes halogenated alkanes) is 6. The molecule has 0 bridgehead atoms. The average Bonchev–Trinajstić information content (AvgIpc) is 2.96. The highest BCUT2D eigenvalue weighted by atomic mass is 16.6. The van der Waals surface area contributed by atoms with Gasteiger partial charge in [0.15, 0.2) is 6.10 Å². The van der Waals surface area contributed by atoms with Crippen molar-refractivity contribution in [1.29, 1.82) is 0 Å². The number of esters is 2. The van der Waals surface area contributed by atoms with Gasteiger partial charge in [-0.05, 0) is 50.9 Å². The summed E-state index contributed by atoms with van der Waals surface area (Å²) < 4.78 is 10.4. The Labute approximate surface area is 256 Å². The predicted molar refractivity (Wildman–Crippen MR) is 174 cm³/mol. The van der Waals surface area contributed by atoms with Gasteiger partial charge in [-0.2, -0.15) is 0 Å². The summed E-state index contributed by atoms with van der Waals surface area (Å²) in [7, 11) is 0. The standard InChI is InChI=1S/C36H60O6/c1-4-5-6-7-8-9-10-11-12-13-16-19-22-26-33(38)27-24-29-35(39)41-31-34(30-37)42-36(40)28-23-20-17-14-15-18-21-25-32(2)3/h5-6,8-9,11-12,16,19,22,26,32-34,37-38H,4,7,10,13-15,17-18,20-21,23-25,27-31H2,1-3H3/b6-5-,9-8-,12-11-,19-16-,26-22+/t33?,34-/m0/s1. The van der Waals surface area contributed by atoms with Gasteiger partial charge in [-0.3, -0.25) is 9.59 Å². The molecular formula is C36H60O6. The monoisotopic (exact) mass is 588 g/mol. The van der Waals surface area contributed by atoms with E-state index in [1.165, 1.54) is 32.1 Å². The molecule has 42 heavy (non-hydrogen) atoms. The Kier molecular flexibility index (Phi) is 28.3. The van der Waals surface area contributed by atoms with Crippen LogP contribution in [-0.2, 0) is 19.1 Å². The fourth-order valence-corrected chi connectivity index (χ4v) is 4.12. The van der Waals surface area contributed by atoms with Gasteiger partial charge in [-0.25, -0.2) is 0 Å². The van der Waals surface area contributed by atoms with Gasteiger partial charge in [0, 0.05) is 12.8 Å². The van der Waals surface area contributed by atoms with Gasteiger partial charge in [0.25, 0.3) is 0 Å². The van der Waals surface area contributed by atoms with Crippen molar-refractivity contribution >= 4 is 11.9 Å². The summed E-state index contributed by atoms with van der Waals surface area (Å²) in [5.41, 5.74) is 0. The molecular weight excluding hydrogens is 528 g/mol. The summed E-state index contributed by atoms with van der Waals surface area (Å²) in [5, 5.41) is 19.6. The first-order chi connectivity index (χ1) is 20.4. The maximum absolute atomic E-state index is 12.1. The minimum Gasteiger partial charge on any atom is -0.462 e. The van der Waals surface area contributed by atoms with Crippen molar-refractivity contribution in [1.82, 2.24) is 0 Å². The molecule has 0 aromatic heterocycles. The predicted octanol–water partition coefficient (Wildman–Crippen LogP) is 8.49. The Morgan fingerprint density at radius 1 is 0.690 bits per heavy atom. The van der Waals surface area contributed by atoms with Crippen LogP contribution in [0.15, 0.2) is 60.8 Å². The van der Waals surface area contributed by atoms with Crippen LogP contribution in [0.25, 0.3) is 0 Å². The van der Waals surface area contributed by atoms with Crippen molar-refractivity contribution in [2.75, 3.05) is 13.2 Å². The molecule has 2 atom stereocenters. The van der Waals surface area contributed by atoms with Crippen LogP contribution in [0, 0.1) is 5.92 Å². The minimum atomic E-state index is -0.845. The van der Waals surface area contributed by atoms with E-state index in [1.54, 1.807) is 6.08 Å². The number of hydrogen-bond donors (Lipinski definition) is 2. The van der Waals surface area contributed by atoms with Crippen molar-refractivity contribution < 1.29 is 29.3 Å². The van der Waals surface area contributed by atoms with Crippen molar-refractivity contribution in [3.8, 4) is 0 Å². The lowest BCUT2D eigenvalue weighted by Crippen LogP contribution is -2.28. The number of hydrogen-bond acceptors (Lipinski definition) is 6. The number of carbonyl (C=O) groups is 2. The fourth-order valence-electron chi connectivity index (χ4n) is 4.12. The van der Waals surface area contributed by atoms with E-state index in [4.69, 9.17) is 9.47 Å². The minimum absolute atomic E-state index is 0.151. The molecule has 1 unspecified atom stereocenters. The van der Waals surface area contributed by atoms with E-state index in [2.05, 4.69) is 57.2 Å². The summed E-state index contributed by atoms with van der Waals surface area (Å²) >= 11 is 0. The second-order valence-electron chi connectivity index (χ2n) is 11.2. The molecule has 6 heteroatoms. The van der Waals surface area contributed by atoms with Crippen LogP contribution in [0.4, 0.5) is 0 Å². The zero-order chi connectivity index (χ0) is 31.1. The van der Waals surface area contributed by atoms with Gasteiger partial charge in [-0.15, -0.1) is 0 Å². The van der Waals surface area contributed by atoms with Crippen molar-refractivity contribution in [2.24, 2.45) is 5.92 Å². The molecule has 0 aromatic rings. The van der Waals surface area contributed by atoms with Gasteiger partial charge in [0.05, 0.1) is 12.7 Å². The van der Waals surface area contributed by atoms with Crippen molar-refractivity contribution in [3.63, 3.8) is 0 Å². The van der Waals surface area contributed by atoms with Crippen LogP contribution in [0.3, 0.4) is 0 Å². The van der Waals surface area contributed by atoms with E-state index >= 15 is 0 Å². The Morgan fingerprint density at radius 2 is 1.26 bits per heavy atom. The first kappa shape index (κ1) is 39.6. The van der Waals surface area contributed by atoms with E-state index in [0.717, 1.165) is 50.9 Å². The maximum atomic E-state index is 12.1. The van der Waals surface area contributed by atoms with Crippen LogP contribution >= 0.6 is 0 Å². The zero-order valence-corrected chi connectivity index (χ0v) is 26.8. The summed E-state index contributed by atoms with van der Waals surface area (Å²) in [5.74, 6) is -0.0324. The molecule has 0 aliphatic rings. The molecule has 0 saturated heterocycles. The summed E-state index contributed by atoms with van der Waals surface area (Å²) in [4.78, 5) is 24.1. The molecule has 0 fully saturated rings. The normalized spacial score (nSPS) is 13.9. The zero-order valence-electron chi connectivity index (χ0n) is 26.8. The third kappa shape index (κ3) is 29.1. The molecule has 6 nitrogen and oxygen atoms in total. The largest absolute Gasteiger partial charge is 0.462 e. The van der Waals surface area contributed by atoms with E-state index in [1.807, 2.05) is 18.2 Å². The van der Waals surface area contributed by atoms with Gasteiger partial charge in [-0.1, -0.05) is 126 Å². The van der Waals surface area contributed by atoms with E-state index in [9.17, 15) is 19.8 Å². The molecule has 0 aliphatic heterocycles. The third-order valence-corrected chi connectivity index (χ3v) is 6.61. The lowest BCUT2D eigenvalue weighted by atomic mass is 10.0. The van der Waals surface area contributed by atoms with Crippen LogP contribution in [0.2, 0.25) is 0 Å². The van der Waals surface area contributed by atoms with Gasteiger partial charge < -0.3 is 19.7 Å². The Morgan fingerprint density at radius 3 is 1.88 bits per heavy atom. The number of aliphatic hydroxyl groups excluding tert-OH is 2. The average molecular weight is 589 g/mol. The lowest BCUT2D eigenvalue weighted by Gasteiger charge is -2.16. The van der Waals surface area contributed by atoms with Crippen molar-refractivity contribution in [3.05, 3.63) is 60.8 Å². The Balaban J connectivity index is 3.87. The summed E-state index contributed by atoms with van der Waals surface area (Å²) in [6, 6.07) is 0.